The number of hydrogen-bond donors (Lipinski definition) is 0. The lowest BCUT2D eigenvalue weighted by molar-refractivity contribution is 0.212. The molecule has 1 atom stereocenters. The summed E-state index contributed by atoms with van der Waals surface area (Å²) in [4.78, 5) is 19.3. The largest absolute Gasteiger partial charge is 0.355 e. The summed E-state index contributed by atoms with van der Waals surface area (Å²) < 4.78 is 0. The first-order valence-corrected chi connectivity index (χ1v) is 11.1. The van der Waals surface area contributed by atoms with Crippen molar-refractivity contribution >= 4 is 5.82 Å². The maximum absolute atomic E-state index is 5.08. The van der Waals surface area contributed by atoms with Crippen LogP contribution in [0.3, 0.4) is 0 Å². The number of hydrogen-bond acceptors (Lipinski definition) is 5. The van der Waals surface area contributed by atoms with Gasteiger partial charge in [0.2, 0.25) is 0 Å². The summed E-state index contributed by atoms with van der Waals surface area (Å²) in [5, 5.41) is 0. The van der Waals surface area contributed by atoms with Crippen LogP contribution in [0.2, 0.25) is 0 Å². The number of pyridine rings is 1. The minimum absolute atomic E-state index is 0.560. The number of rotatable bonds is 4. The van der Waals surface area contributed by atoms with E-state index in [1.54, 1.807) is 0 Å². The predicted molar refractivity (Wildman–Crippen MR) is 120 cm³/mol. The van der Waals surface area contributed by atoms with Gasteiger partial charge in [0.05, 0.1) is 0 Å². The molecule has 5 heteroatoms. The molecule has 30 heavy (non-hydrogen) atoms. The van der Waals surface area contributed by atoms with Gasteiger partial charge in [-0.15, -0.1) is 0 Å². The van der Waals surface area contributed by atoms with E-state index < -0.39 is 0 Å². The fourth-order valence-corrected chi connectivity index (χ4v) is 4.68. The van der Waals surface area contributed by atoms with Crippen LogP contribution in [0.4, 0.5) is 5.82 Å². The summed E-state index contributed by atoms with van der Waals surface area (Å²) in [7, 11) is 0. The zero-order chi connectivity index (χ0) is 20.3. The molecule has 2 aliphatic rings. The molecular weight excluding hydrogens is 370 g/mol. The quantitative estimate of drug-likeness (QED) is 0.660. The van der Waals surface area contributed by atoms with E-state index in [9.17, 15) is 0 Å². The van der Waals surface area contributed by atoms with Crippen molar-refractivity contribution in [1.29, 1.82) is 0 Å². The van der Waals surface area contributed by atoms with Crippen LogP contribution in [0.15, 0.2) is 54.9 Å². The van der Waals surface area contributed by atoms with E-state index in [0.717, 1.165) is 62.6 Å². The molecule has 0 saturated carbocycles. The van der Waals surface area contributed by atoms with Crippen LogP contribution in [0.1, 0.15) is 36.6 Å². The standard InChI is InChI=1S/C25H29N5/c1-19-12-15-29(16-17-30(19)18-20-6-3-2-4-7-20)25-22-8-5-9-23(22)27-24(28-25)21-10-13-26-14-11-21/h2-4,6-7,10-11,13-14,19H,5,8-9,12,15-18H2,1H3. The Labute approximate surface area is 178 Å². The van der Waals surface area contributed by atoms with Gasteiger partial charge in [0.1, 0.15) is 5.82 Å². The Balaban J connectivity index is 1.41. The van der Waals surface area contributed by atoms with Crippen molar-refractivity contribution in [3.8, 4) is 11.4 Å². The van der Waals surface area contributed by atoms with Crippen molar-refractivity contribution < 1.29 is 0 Å². The van der Waals surface area contributed by atoms with Gasteiger partial charge in [-0.05, 0) is 50.3 Å². The van der Waals surface area contributed by atoms with Crippen molar-refractivity contribution in [2.24, 2.45) is 0 Å². The second-order valence-corrected chi connectivity index (χ2v) is 8.47. The number of benzene rings is 1. The first-order valence-electron chi connectivity index (χ1n) is 11.1. The molecule has 0 amide bonds. The van der Waals surface area contributed by atoms with E-state index in [1.165, 1.54) is 23.2 Å². The molecule has 1 fully saturated rings. The van der Waals surface area contributed by atoms with Gasteiger partial charge < -0.3 is 4.90 Å². The molecule has 154 valence electrons. The third kappa shape index (κ3) is 3.94. The van der Waals surface area contributed by atoms with Gasteiger partial charge in [-0.3, -0.25) is 9.88 Å². The minimum Gasteiger partial charge on any atom is -0.355 e. The SMILES string of the molecule is CC1CCN(c2nc(-c3ccncc3)nc3c2CCC3)CCN1Cc1ccccc1. The Kier molecular flexibility index (Phi) is 5.45. The molecule has 0 spiro atoms. The van der Waals surface area contributed by atoms with E-state index in [-0.39, 0.29) is 0 Å². The average Bonchev–Trinajstić information content (AvgIpc) is 3.20. The first-order chi connectivity index (χ1) is 14.8. The molecule has 0 bridgehead atoms. The van der Waals surface area contributed by atoms with Crippen molar-refractivity contribution in [1.82, 2.24) is 19.9 Å². The highest BCUT2D eigenvalue weighted by Gasteiger charge is 2.27. The number of nitrogens with zero attached hydrogens (tertiary/aromatic N) is 5. The van der Waals surface area contributed by atoms with Gasteiger partial charge in [0.25, 0.3) is 0 Å². The highest BCUT2D eigenvalue weighted by molar-refractivity contribution is 5.61. The molecule has 0 N–H and O–H groups in total. The summed E-state index contributed by atoms with van der Waals surface area (Å²) in [6.07, 6.45) is 8.13. The van der Waals surface area contributed by atoms with Gasteiger partial charge >= 0.3 is 0 Å². The number of anilines is 1. The Hall–Kier alpha value is -2.79. The topological polar surface area (TPSA) is 45.2 Å². The maximum Gasteiger partial charge on any atom is 0.161 e. The van der Waals surface area contributed by atoms with Gasteiger partial charge in [-0.25, -0.2) is 9.97 Å². The molecule has 1 unspecified atom stereocenters. The third-order valence-electron chi connectivity index (χ3n) is 6.48. The monoisotopic (exact) mass is 399 g/mol. The van der Waals surface area contributed by atoms with Crippen LogP contribution in [0, 0.1) is 0 Å². The van der Waals surface area contributed by atoms with Gasteiger partial charge in [0.15, 0.2) is 5.82 Å². The van der Waals surface area contributed by atoms with Crippen LogP contribution in [0.25, 0.3) is 11.4 Å². The fourth-order valence-electron chi connectivity index (χ4n) is 4.68. The highest BCUT2D eigenvalue weighted by atomic mass is 15.3. The van der Waals surface area contributed by atoms with E-state index >= 15 is 0 Å². The fraction of sp³-hybridized carbons (Fsp3) is 0.400. The lowest BCUT2D eigenvalue weighted by Crippen LogP contribution is -2.34. The first kappa shape index (κ1) is 19.2. The maximum atomic E-state index is 5.08. The Bertz CT molecular complexity index is 989. The van der Waals surface area contributed by atoms with E-state index in [0.29, 0.717) is 6.04 Å². The molecule has 2 aromatic heterocycles. The molecule has 1 saturated heterocycles. The average molecular weight is 400 g/mol. The summed E-state index contributed by atoms with van der Waals surface area (Å²) in [5.41, 5.74) is 5.05. The normalized spacial score (nSPS) is 19.5. The second kappa shape index (κ2) is 8.52. The van der Waals surface area contributed by atoms with Gasteiger partial charge in [0, 0.05) is 61.4 Å². The number of aryl methyl sites for hydroxylation is 1. The molecule has 3 heterocycles. The second-order valence-electron chi connectivity index (χ2n) is 8.47. The lowest BCUT2D eigenvalue weighted by Gasteiger charge is -2.26. The Morgan fingerprint density at radius 2 is 1.77 bits per heavy atom. The highest BCUT2D eigenvalue weighted by Crippen LogP contribution is 2.32. The summed E-state index contributed by atoms with van der Waals surface area (Å²) in [6.45, 7) is 6.49. The van der Waals surface area contributed by atoms with E-state index in [1.807, 2.05) is 24.5 Å². The van der Waals surface area contributed by atoms with Crippen molar-refractivity contribution in [2.45, 2.75) is 45.2 Å². The summed E-state index contributed by atoms with van der Waals surface area (Å²) in [5.74, 6) is 2.00. The Morgan fingerprint density at radius 1 is 0.933 bits per heavy atom. The summed E-state index contributed by atoms with van der Waals surface area (Å²) in [6, 6.07) is 15.4. The van der Waals surface area contributed by atoms with Crippen molar-refractivity contribution in [2.75, 3.05) is 24.5 Å². The smallest absolute Gasteiger partial charge is 0.161 e. The molecular formula is C25H29N5. The molecule has 0 radical (unpaired) electrons. The van der Waals surface area contributed by atoms with Gasteiger partial charge in [-0.2, -0.15) is 0 Å². The molecule has 1 aliphatic heterocycles. The van der Waals surface area contributed by atoms with Gasteiger partial charge in [-0.1, -0.05) is 30.3 Å². The molecule has 3 aromatic rings. The van der Waals surface area contributed by atoms with Crippen LogP contribution in [0.5, 0.6) is 0 Å². The predicted octanol–water partition coefficient (Wildman–Crippen LogP) is 4.13. The minimum atomic E-state index is 0.560. The van der Waals surface area contributed by atoms with E-state index in [4.69, 9.17) is 9.97 Å². The van der Waals surface area contributed by atoms with Crippen LogP contribution in [-0.2, 0) is 19.4 Å². The molecule has 1 aliphatic carbocycles. The van der Waals surface area contributed by atoms with E-state index in [2.05, 4.69) is 52.0 Å². The van der Waals surface area contributed by atoms with Crippen LogP contribution >= 0.6 is 0 Å². The van der Waals surface area contributed by atoms with Crippen LogP contribution < -0.4 is 4.90 Å². The Morgan fingerprint density at radius 3 is 2.60 bits per heavy atom. The number of aromatic nitrogens is 3. The zero-order valence-electron chi connectivity index (χ0n) is 17.7. The molecule has 5 rings (SSSR count). The third-order valence-corrected chi connectivity index (χ3v) is 6.48. The lowest BCUT2D eigenvalue weighted by atomic mass is 10.1. The number of fused-ring (bicyclic) bond motifs is 1. The molecule has 1 aromatic carbocycles. The van der Waals surface area contributed by atoms with Crippen molar-refractivity contribution in [3.63, 3.8) is 0 Å². The van der Waals surface area contributed by atoms with Crippen LogP contribution in [-0.4, -0.2) is 45.5 Å². The zero-order valence-corrected chi connectivity index (χ0v) is 17.7. The molecule has 5 nitrogen and oxygen atoms in total. The summed E-state index contributed by atoms with van der Waals surface area (Å²) >= 11 is 0. The van der Waals surface area contributed by atoms with Crippen molar-refractivity contribution in [3.05, 3.63) is 71.7 Å².